The van der Waals surface area contributed by atoms with Crippen LogP contribution in [0.5, 0.6) is 0 Å². The lowest BCUT2D eigenvalue weighted by molar-refractivity contribution is 0.159. The van der Waals surface area contributed by atoms with Gasteiger partial charge in [-0.2, -0.15) is 8.42 Å². The van der Waals surface area contributed by atoms with E-state index in [1.165, 1.54) is 0 Å². The minimum Gasteiger partial charge on any atom is -0.270 e. The molecule has 0 fully saturated rings. The van der Waals surface area contributed by atoms with Crippen LogP contribution in [0.1, 0.15) is 26.7 Å². The van der Waals surface area contributed by atoms with Crippen LogP contribution >= 0.6 is 0 Å². The van der Waals surface area contributed by atoms with Crippen molar-refractivity contribution in [1.82, 2.24) is 0 Å². The Bertz CT molecular complexity index is 224. The molecule has 0 aromatic carbocycles. The average molecular weight is 206 g/mol. The smallest absolute Gasteiger partial charge is 0.264 e. The summed E-state index contributed by atoms with van der Waals surface area (Å²) in [7, 11) is -1.22. The number of rotatable bonds is 6. The van der Waals surface area contributed by atoms with E-state index in [2.05, 4.69) is 21.7 Å². The molecule has 0 amide bonds. The standard InChI is InChI=1S/C8H19BO3S/c1-4-8(5-2,6-9)7-12-13(3,10)11/h4-7,9H2,1-3H3. The molecule has 0 N–H and O–H groups in total. The lowest BCUT2D eigenvalue weighted by Crippen LogP contribution is -2.26. The summed E-state index contributed by atoms with van der Waals surface area (Å²) < 4.78 is 26.4. The second kappa shape index (κ2) is 5.01. The summed E-state index contributed by atoms with van der Waals surface area (Å²) >= 11 is 0. The molecule has 0 aliphatic rings. The van der Waals surface area contributed by atoms with Gasteiger partial charge in [0.15, 0.2) is 0 Å². The quantitative estimate of drug-likeness (QED) is 0.477. The van der Waals surface area contributed by atoms with E-state index in [4.69, 9.17) is 4.18 Å². The van der Waals surface area contributed by atoms with Gasteiger partial charge < -0.3 is 0 Å². The largest absolute Gasteiger partial charge is 0.270 e. The van der Waals surface area contributed by atoms with Crippen LogP contribution in [0.3, 0.4) is 0 Å². The van der Waals surface area contributed by atoms with Crippen molar-refractivity contribution in [3.63, 3.8) is 0 Å². The van der Waals surface area contributed by atoms with Crippen LogP contribution in [0.15, 0.2) is 0 Å². The lowest BCUT2D eigenvalue weighted by Gasteiger charge is -2.29. The molecule has 0 aromatic rings. The molecule has 0 saturated heterocycles. The first-order valence-electron chi connectivity index (χ1n) is 4.73. The maximum atomic E-state index is 10.8. The van der Waals surface area contributed by atoms with E-state index in [0.29, 0.717) is 6.61 Å². The SMILES string of the molecule is BCC(CC)(CC)COS(C)(=O)=O. The summed E-state index contributed by atoms with van der Waals surface area (Å²) in [5, 5.41) is 0. The van der Waals surface area contributed by atoms with Gasteiger partial charge in [0.05, 0.1) is 12.9 Å². The highest BCUT2D eigenvalue weighted by Gasteiger charge is 2.25. The van der Waals surface area contributed by atoms with E-state index < -0.39 is 10.1 Å². The molecule has 0 atom stereocenters. The molecule has 0 aromatic heterocycles. The van der Waals surface area contributed by atoms with Gasteiger partial charge in [-0.15, -0.1) is 0 Å². The number of hydrogen-bond donors (Lipinski definition) is 0. The Hall–Kier alpha value is -0.0251. The van der Waals surface area contributed by atoms with Crippen molar-refractivity contribution in [3.8, 4) is 0 Å². The zero-order valence-electron chi connectivity index (χ0n) is 8.96. The fourth-order valence-corrected chi connectivity index (χ4v) is 1.75. The molecule has 5 heteroatoms. The minimum atomic E-state index is -3.29. The second-order valence-corrected chi connectivity index (χ2v) is 5.17. The van der Waals surface area contributed by atoms with Crippen molar-refractivity contribution in [2.75, 3.05) is 12.9 Å². The zero-order chi connectivity index (χ0) is 10.5. The molecule has 13 heavy (non-hydrogen) atoms. The topological polar surface area (TPSA) is 43.4 Å². The van der Waals surface area contributed by atoms with Gasteiger partial charge in [0.25, 0.3) is 10.1 Å². The molecule has 0 aliphatic heterocycles. The predicted octanol–water partition coefficient (Wildman–Crippen LogP) is 0.820. The Balaban J connectivity index is 4.27. The summed E-state index contributed by atoms with van der Waals surface area (Å²) in [4.78, 5) is 0. The van der Waals surface area contributed by atoms with Crippen LogP contribution < -0.4 is 0 Å². The van der Waals surface area contributed by atoms with Crippen molar-refractivity contribution in [1.29, 1.82) is 0 Å². The Labute approximate surface area is 82.4 Å². The van der Waals surface area contributed by atoms with Gasteiger partial charge in [0.2, 0.25) is 0 Å². The molecule has 0 unspecified atom stereocenters. The molecule has 0 saturated carbocycles. The molecule has 78 valence electrons. The van der Waals surface area contributed by atoms with Crippen LogP contribution in [-0.4, -0.2) is 29.1 Å². The highest BCUT2D eigenvalue weighted by Crippen LogP contribution is 2.30. The molecule has 0 rings (SSSR count). The molecule has 0 bridgehead atoms. The first-order valence-corrected chi connectivity index (χ1v) is 6.55. The van der Waals surface area contributed by atoms with Crippen LogP contribution in [0.25, 0.3) is 0 Å². The van der Waals surface area contributed by atoms with E-state index >= 15 is 0 Å². The minimum absolute atomic E-state index is 0.0308. The van der Waals surface area contributed by atoms with Crippen LogP contribution in [0.2, 0.25) is 6.32 Å². The molecule has 0 spiro atoms. The van der Waals surface area contributed by atoms with E-state index in [9.17, 15) is 8.42 Å². The van der Waals surface area contributed by atoms with Crippen LogP contribution in [-0.2, 0) is 14.3 Å². The maximum absolute atomic E-state index is 10.8. The van der Waals surface area contributed by atoms with Crippen molar-refractivity contribution in [2.24, 2.45) is 5.41 Å². The van der Waals surface area contributed by atoms with Crippen molar-refractivity contribution >= 4 is 18.0 Å². The Morgan fingerprint density at radius 3 is 2.00 bits per heavy atom. The highest BCUT2D eigenvalue weighted by atomic mass is 32.2. The van der Waals surface area contributed by atoms with E-state index in [0.717, 1.165) is 25.4 Å². The van der Waals surface area contributed by atoms with E-state index in [1.54, 1.807) is 0 Å². The van der Waals surface area contributed by atoms with E-state index in [1.807, 2.05) is 0 Å². The average Bonchev–Trinajstić information content (AvgIpc) is 2.06. The number of hydrogen-bond acceptors (Lipinski definition) is 3. The van der Waals surface area contributed by atoms with Gasteiger partial charge in [0, 0.05) is 0 Å². The fraction of sp³-hybridized carbons (Fsp3) is 1.00. The maximum Gasteiger partial charge on any atom is 0.264 e. The lowest BCUT2D eigenvalue weighted by atomic mass is 9.73. The van der Waals surface area contributed by atoms with Gasteiger partial charge in [-0.3, -0.25) is 4.18 Å². The van der Waals surface area contributed by atoms with Gasteiger partial charge in [-0.1, -0.05) is 20.2 Å². The summed E-state index contributed by atoms with van der Waals surface area (Å²) in [6.07, 6.45) is 3.96. The Morgan fingerprint density at radius 1 is 1.31 bits per heavy atom. The van der Waals surface area contributed by atoms with Gasteiger partial charge in [0.1, 0.15) is 7.85 Å². The third-order valence-corrected chi connectivity index (χ3v) is 3.38. The van der Waals surface area contributed by atoms with Gasteiger partial charge in [-0.25, -0.2) is 0 Å². The van der Waals surface area contributed by atoms with Crippen molar-refractivity contribution in [2.45, 2.75) is 33.0 Å². The third-order valence-electron chi connectivity index (χ3n) is 2.83. The Kier molecular flexibility index (Phi) is 5.00. The van der Waals surface area contributed by atoms with Gasteiger partial charge >= 0.3 is 0 Å². The molecule has 0 aliphatic carbocycles. The van der Waals surface area contributed by atoms with Crippen molar-refractivity contribution < 1.29 is 12.6 Å². The summed E-state index contributed by atoms with van der Waals surface area (Å²) in [5.74, 6) is 0. The first-order chi connectivity index (χ1) is 5.89. The second-order valence-electron chi connectivity index (χ2n) is 3.53. The molecule has 0 heterocycles. The Morgan fingerprint density at radius 2 is 1.77 bits per heavy atom. The molecule has 3 nitrogen and oxygen atoms in total. The fourth-order valence-electron chi connectivity index (χ4n) is 1.29. The van der Waals surface area contributed by atoms with E-state index in [-0.39, 0.29) is 5.41 Å². The monoisotopic (exact) mass is 206 g/mol. The van der Waals surface area contributed by atoms with Crippen LogP contribution in [0.4, 0.5) is 0 Å². The normalized spacial score (nSPS) is 13.2. The predicted molar refractivity (Wildman–Crippen MR) is 57.2 cm³/mol. The van der Waals surface area contributed by atoms with Crippen LogP contribution in [0, 0.1) is 5.41 Å². The first kappa shape index (κ1) is 13.0. The molecular weight excluding hydrogens is 187 g/mol. The molecule has 0 radical (unpaired) electrons. The van der Waals surface area contributed by atoms with Crippen molar-refractivity contribution in [3.05, 3.63) is 0 Å². The summed E-state index contributed by atoms with van der Waals surface area (Å²) in [6.45, 7) is 4.45. The van der Waals surface area contributed by atoms with Gasteiger partial charge in [-0.05, 0) is 18.3 Å². The summed E-state index contributed by atoms with van der Waals surface area (Å²) in [5.41, 5.74) is 0.0308. The highest BCUT2D eigenvalue weighted by molar-refractivity contribution is 7.85. The zero-order valence-corrected chi connectivity index (χ0v) is 9.78. The summed E-state index contributed by atoms with van der Waals surface area (Å²) in [6, 6.07) is 0. The molecular formula is C8H19BO3S. The third kappa shape index (κ3) is 4.67.